The number of nitrogens with zero attached hydrogens (tertiary/aromatic N) is 1. The van der Waals surface area contributed by atoms with Gasteiger partial charge in [0.1, 0.15) is 24.8 Å². The summed E-state index contributed by atoms with van der Waals surface area (Å²) in [6.07, 6.45) is 1.45. The SMILES string of the molecule is CC(C)(C)OCCOc1ccc(C(=O)NCCOc2ccc(F)cc2)cn1. The molecule has 0 radical (unpaired) electrons. The second-order valence-electron chi connectivity index (χ2n) is 6.75. The molecule has 1 amide bonds. The predicted molar refractivity (Wildman–Crippen MR) is 99.7 cm³/mol. The van der Waals surface area contributed by atoms with Gasteiger partial charge in [-0.1, -0.05) is 0 Å². The van der Waals surface area contributed by atoms with Gasteiger partial charge in [0.05, 0.1) is 24.3 Å². The van der Waals surface area contributed by atoms with Crippen LogP contribution in [0.25, 0.3) is 0 Å². The van der Waals surface area contributed by atoms with Crippen LogP contribution in [0.5, 0.6) is 11.6 Å². The summed E-state index contributed by atoms with van der Waals surface area (Å²) >= 11 is 0. The Bertz CT molecular complexity index is 712. The molecule has 0 spiro atoms. The van der Waals surface area contributed by atoms with Gasteiger partial charge in [-0.25, -0.2) is 9.37 Å². The van der Waals surface area contributed by atoms with Gasteiger partial charge in [0.25, 0.3) is 5.91 Å². The summed E-state index contributed by atoms with van der Waals surface area (Å²) in [5.41, 5.74) is 0.217. The topological polar surface area (TPSA) is 69.7 Å². The highest BCUT2D eigenvalue weighted by molar-refractivity contribution is 5.93. The Balaban J connectivity index is 1.67. The second-order valence-corrected chi connectivity index (χ2v) is 6.75. The fraction of sp³-hybridized carbons (Fsp3) is 0.400. The van der Waals surface area contributed by atoms with E-state index in [1.807, 2.05) is 20.8 Å². The predicted octanol–water partition coefficient (Wildman–Crippen LogP) is 3.22. The molecule has 1 heterocycles. The first kappa shape index (κ1) is 20.6. The zero-order valence-electron chi connectivity index (χ0n) is 15.8. The van der Waals surface area contributed by atoms with Gasteiger partial charge in [-0.3, -0.25) is 4.79 Å². The van der Waals surface area contributed by atoms with Crippen LogP contribution in [-0.4, -0.2) is 42.9 Å². The van der Waals surface area contributed by atoms with Crippen molar-refractivity contribution >= 4 is 5.91 Å². The summed E-state index contributed by atoms with van der Waals surface area (Å²) in [6, 6.07) is 8.99. The Labute approximate surface area is 158 Å². The summed E-state index contributed by atoms with van der Waals surface area (Å²) in [5.74, 6) is 0.401. The molecule has 0 aliphatic heterocycles. The third kappa shape index (κ3) is 8.04. The van der Waals surface area contributed by atoms with Crippen molar-refractivity contribution in [1.82, 2.24) is 10.3 Å². The normalized spacial score (nSPS) is 11.1. The maximum absolute atomic E-state index is 12.8. The van der Waals surface area contributed by atoms with Crippen molar-refractivity contribution in [3.8, 4) is 11.6 Å². The fourth-order valence-electron chi connectivity index (χ4n) is 2.06. The molecule has 0 bridgehead atoms. The molecule has 0 saturated heterocycles. The van der Waals surface area contributed by atoms with Gasteiger partial charge in [0.2, 0.25) is 5.88 Å². The van der Waals surface area contributed by atoms with Crippen LogP contribution in [0.15, 0.2) is 42.6 Å². The van der Waals surface area contributed by atoms with Crippen LogP contribution in [0.1, 0.15) is 31.1 Å². The minimum absolute atomic E-state index is 0.209. The van der Waals surface area contributed by atoms with Crippen LogP contribution >= 0.6 is 0 Å². The van der Waals surface area contributed by atoms with Crippen LogP contribution in [0, 0.1) is 5.82 Å². The number of carbonyl (C=O) groups excluding carboxylic acids is 1. The Morgan fingerprint density at radius 3 is 2.41 bits per heavy atom. The van der Waals surface area contributed by atoms with E-state index in [2.05, 4.69) is 10.3 Å². The molecule has 0 aliphatic carbocycles. The zero-order valence-corrected chi connectivity index (χ0v) is 15.8. The Morgan fingerprint density at radius 1 is 1.04 bits per heavy atom. The van der Waals surface area contributed by atoms with E-state index in [1.54, 1.807) is 12.1 Å². The maximum Gasteiger partial charge on any atom is 0.252 e. The average molecular weight is 376 g/mol. The Hall–Kier alpha value is -2.67. The molecule has 0 unspecified atom stereocenters. The maximum atomic E-state index is 12.8. The first-order valence-corrected chi connectivity index (χ1v) is 8.73. The number of ether oxygens (including phenoxy) is 3. The molecule has 7 heteroatoms. The number of hydrogen-bond acceptors (Lipinski definition) is 5. The van der Waals surface area contributed by atoms with Crippen LogP contribution < -0.4 is 14.8 Å². The van der Waals surface area contributed by atoms with Crippen LogP contribution in [0.2, 0.25) is 0 Å². The quantitative estimate of drug-likeness (QED) is 0.681. The van der Waals surface area contributed by atoms with Crippen LogP contribution in [-0.2, 0) is 4.74 Å². The number of hydrogen-bond donors (Lipinski definition) is 1. The van der Waals surface area contributed by atoms with Gasteiger partial charge in [-0.2, -0.15) is 0 Å². The highest BCUT2D eigenvalue weighted by Crippen LogP contribution is 2.11. The Kier molecular flexibility index (Phi) is 7.55. The molecule has 6 nitrogen and oxygen atoms in total. The first-order valence-electron chi connectivity index (χ1n) is 8.73. The minimum Gasteiger partial charge on any atom is -0.492 e. The minimum atomic E-state index is -0.322. The van der Waals surface area contributed by atoms with Gasteiger partial charge in [0, 0.05) is 12.3 Å². The number of rotatable bonds is 9. The van der Waals surface area contributed by atoms with Gasteiger partial charge in [-0.15, -0.1) is 0 Å². The fourth-order valence-corrected chi connectivity index (χ4v) is 2.06. The van der Waals surface area contributed by atoms with E-state index in [9.17, 15) is 9.18 Å². The number of carbonyl (C=O) groups is 1. The lowest BCUT2D eigenvalue weighted by atomic mass is 10.2. The molecule has 2 aromatic rings. The molecule has 0 atom stereocenters. The van der Waals surface area contributed by atoms with Gasteiger partial charge in [0.15, 0.2) is 0 Å². The van der Waals surface area contributed by atoms with Crippen LogP contribution in [0.4, 0.5) is 4.39 Å². The van der Waals surface area contributed by atoms with E-state index in [4.69, 9.17) is 14.2 Å². The van der Waals surface area contributed by atoms with Crippen molar-refractivity contribution in [1.29, 1.82) is 0 Å². The van der Waals surface area contributed by atoms with Crippen molar-refractivity contribution in [2.45, 2.75) is 26.4 Å². The molecule has 1 aromatic carbocycles. The number of halogens is 1. The van der Waals surface area contributed by atoms with Crippen molar-refractivity contribution in [2.24, 2.45) is 0 Å². The Morgan fingerprint density at radius 2 is 1.78 bits per heavy atom. The second kappa shape index (κ2) is 9.87. The molecular formula is C20H25FN2O4. The van der Waals surface area contributed by atoms with Crippen molar-refractivity contribution < 1.29 is 23.4 Å². The molecular weight excluding hydrogens is 351 g/mol. The summed E-state index contributed by atoms with van der Waals surface area (Å²) < 4.78 is 29.2. The zero-order chi connectivity index (χ0) is 19.7. The molecule has 1 N–H and O–H groups in total. The average Bonchev–Trinajstić information content (AvgIpc) is 2.63. The summed E-state index contributed by atoms with van der Waals surface area (Å²) in [6.45, 7) is 7.37. The lowest BCUT2D eigenvalue weighted by molar-refractivity contribution is -0.0168. The van der Waals surface area contributed by atoms with E-state index >= 15 is 0 Å². The first-order chi connectivity index (χ1) is 12.8. The molecule has 0 fully saturated rings. The summed E-state index contributed by atoms with van der Waals surface area (Å²) in [4.78, 5) is 16.2. The third-order valence-corrected chi connectivity index (χ3v) is 3.34. The van der Waals surface area contributed by atoms with Crippen molar-refractivity contribution in [2.75, 3.05) is 26.4 Å². The van der Waals surface area contributed by atoms with Crippen LogP contribution in [0.3, 0.4) is 0 Å². The van der Waals surface area contributed by atoms with E-state index in [0.29, 0.717) is 37.0 Å². The van der Waals surface area contributed by atoms with E-state index in [-0.39, 0.29) is 23.9 Å². The molecule has 1 aromatic heterocycles. The lowest BCUT2D eigenvalue weighted by Gasteiger charge is -2.19. The van der Waals surface area contributed by atoms with Gasteiger partial charge < -0.3 is 19.5 Å². The van der Waals surface area contributed by atoms with Gasteiger partial charge >= 0.3 is 0 Å². The van der Waals surface area contributed by atoms with Gasteiger partial charge in [-0.05, 0) is 51.1 Å². The molecule has 2 rings (SSSR count). The lowest BCUT2D eigenvalue weighted by Crippen LogP contribution is -2.28. The highest BCUT2D eigenvalue weighted by atomic mass is 19.1. The van der Waals surface area contributed by atoms with E-state index < -0.39 is 0 Å². The number of benzene rings is 1. The summed E-state index contributed by atoms with van der Waals surface area (Å²) in [5, 5.41) is 2.73. The van der Waals surface area contributed by atoms with Crippen molar-refractivity contribution in [3.63, 3.8) is 0 Å². The number of pyridine rings is 1. The molecule has 0 saturated carbocycles. The number of amides is 1. The van der Waals surface area contributed by atoms with Crippen molar-refractivity contribution in [3.05, 3.63) is 54.0 Å². The largest absolute Gasteiger partial charge is 0.492 e. The third-order valence-electron chi connectivity index (χ3n) is 3.34. The standard InChI is InChI=1S/C20H25FN2O4/c1-20(2,3)27-13-12-26-18-9-4-15(14-23-18)19(24)22-10-11-25-17-7-5-16(21)6-8-17/h4-9,14H,10-13H2,1-3H3,(H,22,24). The molecule has 146 valence electrons. The number of aromatic nitrogens is 1. The highest BCUT2D eigenvalue weighted by Gasteiger charge is 2.10. The monoisotopic (exact) mass is 376 g/mol. The number of nitrogens with one attached hydrogen (secondary N) is 1. The smallest absolute Gasteiger partial charge is 0.252 e. The molecule has 27 heavy (non-hydrogen) atoms. The van der Waals surface area contributed by atoms with E-state index in [1.165, 1.54) is 30.5 Å². The summed E-state index contributed by atoms with van der Waals surface area (Å²) in [7, 11) is 0. The van der Waals surface area contributed by atoms with E-state index in [0.717, 1.165) is 0 Å². The molecule has 0 aliphatic rings.